The van der Waals surface area contributed by atoms with Crippen molar-refractivity contribution in [2.24, 2.45) is 5.16 Å². The van der Waals surface area contributed by atoms with Crippen LogP contribution in [0.15, 0.2) is 71.9 Å². The maximum absolute atomic E-state index is 13.0. The van der Waals surface area contributed by atoms with Crippen molar-refractivity contribution in [2.45, 2.75) is 25.0 Å². The third-order valence-corrected chi connectivity index (χ3v) is 5.99. The molecule has 0 saturated heterocycles. The maximum Gasteiger partial charge on any atom is 0.265 e. The molecule has 3 aliphatic rings. The number of hydrogen-bond donors (Lipinski definition) is 1. The lowest BCUT2D eigenvalue weighted by atomic mass is 10.0. The number of amides is 1. The fraction of sp³-hybridized carbons (Fsp3) is 0.200. The molecule has 0 spiro atoms. The standard InChI is InChI=1S/C25H20N2O4/c28-25(26-24-19-7-3-1-5-17(19)18-6-2-4-8-20(18)24)23-13-16(27-31-23)11-15-9-10-21-22(12-15)30-14-29-21/h1-10,12,23-24H,11,13-14H2,(H,26,28)/t23-/m1/s1. The van der Waals surface area contributed by atoms with Crippen LogP contribution in [-0.4, -0.2) is 24.5 Å². The number of fused-ring (bicyclic) bond motifs is 4. The highest BCUT2D eigenvalue weighted by atomic mass is 16.7. The van der Waals surface area contributed by atoms with E-state index in [1.54, 1.807) is 0 Å². The molecule has 6 heteroatoms. The van der Waals surface area contributed by atoms with Crippen LogP contribution in [0.25, 0.3) is 11.1 Å². The Morgan fingerprint density at radius 1 is 0.935 bits per heavy atom. The molecule has 6 rings (SSSR count). The van der Waals surface area contributed by atoms with Gasteiger partial charge in [0, 0.05) is 12.8 Å². The zero-order chi connectivity index (χ0) is 20.8. The van der Waals surface area contributed by atoms with Gasteiger partial charge in [-0.2, -0.15) is 0 Å². The second kappa shape index (κ2) is 7.16. The number of hydrogen-bond acceptors (Lipinski definition) is 5. The van der Waals surface area contributed by atoms with E-state index in [9.17, 15) is 4.79 Å². The molecule has 1 amide bonds. The normalized spacial score (nSPS) is 18.2. The molecule has 0 saturated carbocycles. The summed E-state index contributed by atoms with van der Waals surface area (Å²) in [5, 5.41) is 7.35. The number of benzene rings is 3. The van der Waals surface area contributed by atoms with Crippen LogP contribution in [0.4, 0.5) is 0 Å². The first-order chi connectivity index (χ1) is 15.3. The molecule has 1 N–H and O–H groups in total. The molecule has 0 radical (unpaired) electrons. The van der Waals surface area contributed by atoms with E-state index in [4.69, 9.17) is 14.3 Å². The van der Waals surface area contributed by atoms with Crippen LogP contribution >= 0.6 is 0 Å². The van der Waals surface area contributed by atoms with Crippen molar-refractivity contribution in [3.8, 4) is 22.6 Å². The Bertz CT molecular complexity index is 1170. The molecule has 1 aliphatic carbocycles. The summed E-state index contributed by atoms with van der Waals surface area (Å²) in [4.78, 5) is 18.5. The highest BCUT2D eigenvalue weighted by Crippen LogP contribution is 2.43. The fourth-order valence-electron chi connectivity index (χ4n) is 4.50. The van der Waals surface area contributed by atoms with E-state index in [1.165, 1.54) is 0 Å². The quantitative estimate of drug-likeness (QED) is 0.704. The van der Waals surface area contributed by atoms with Crippen molar-refractivity contribution in [1.29, 1.82) is 0 Å². The summed E-state index contributed by atoms with van der Waals surface area (Å²) in [7, 11) is 0. The van der Waals surface area contributed by atoms with E-state index in [1.807, 2.05) is 42.5 Å². The lowest BCUT2D eigenvalue weighted by Gasteiger charge is -2.18. The van der Waals surface area contributed by atoms with Crippen LogP contribution in [0.1, 0.15) is 29.2 Å². The minimum absolute atomic E-state index is 0.152. The van der Waals surface area contributed by atoms with Gasteiger partial charge in [-0.15, -0.1) is 0 Å². The third-order valence-electron chi connectivity index (χ3n) is 5.99. The predicted octanol–water partition coefficient (Wildman–Crippen LogP) is 3.99. The van der Waals surface area contributed by atoms with Crippen molar-refractivity contribution >= 4 is 11.6 Å². The molecule has 0 bridgehead atoms. The van der Waals surface area contributed by atoms with Crippen molar-refractivity contribution in [1.82, 2.24) is 5.32 Å². The Hall–Kier alpha value is -3.80. The molecule has 0 fully saturated rings. The van der Waals surface area contributed by atoms with Crippen molar-refractivity contribution in [3.05, 3.63) is 83.4 Å². The minimum atomic E-state index is -0.621. The van der Waals surface area contributed by atoms with Crippen molar-refractivity contribution in [2.75, 3.05) is 6.79 Å². The molecule has 3 aromatic rings. The van der Waals surface area contributed by atoms with Gasteiger partial charge in [-0.1, -0.05) is 59.8 Å². The molecular formula is C25H20N2O4. The Kier molecular flexibility index (Phi) is 4.16. The minimum Gasteiger partial charge on any atom is -0.454 e. The van der Waals surface area contributed by atoms with E-state index in [2.05, 4.69) is 34.7 Å². The first kappa shape index (κ1) is 18.0. The van der Waals surface area contributed by atoms with Gasteiger partial charge in [0.2, 0.25) is 12.9 Å². The second-order valence-electron chi connectivity index (χ2n) is 7.94. The van der Waals surface area contributed by atoms with E-state index in [0.717, 1.165) is 45.0 Å². The lowest BCUT2D eigenvalue weighted by Crippen LogP contribution is -2.37. The summed E-state index contributed by atoms with van der Waals surface area (Å²) in [6.45, 7) is 0.249. The predicted molar refractivity (Wildman–Crippen MR) is 115 cm³/mol. The van der Waals surface area contributed by atoms with Gasteiger partial charge < -0.3 is 19.6 Å². The average Bonchev–Trinajstić information content (AvgIpc) is 3.52. The Morgan fingerprint density at radius 2 is 1.65 bits per heavy atom. The van der Waals surface area contributed by atoms with Crippen LogP contribution in [0, 0.1) is 0 Å². The van der Waals surface area contributed by atoms with Gasteiger partial charge in [-0.25, -0.2) is 0 Å². The van der Waals surface area contributed by atoms with E-state index >= 15 is 0 Å². The second-order valence-corrected chi connectivity index (χ2v) is 7.94. The van der Waals surface area contributed by atoms with E-state index in [-0.39, 0.29) is 18.7 Å². The van der Waals surface area contributed by atoms with Crippen LogP contribution in [0.2, 0.25) is 0 Å². The number of carbonyl (C=O) groups is 1. The number of ether oxygens (including phenoxy) is 2. The summed E-state index contributed by atoms with van der Waals surface area (Å²) >= 11 is 0. The van der Waals surface area contributed by atoms with Crippen molar-refractivity contribution in [3.63, 3.8) is 0 Å². The summed E-state index contributed by atoms with van der Waals surface area (Å²) in [5.41, 5.74) is 6.43. The zero-order valence-electron chi connectivity index (χ0n) is 16.7. The molecule has 154 valence electrons. The number of oxime groups is 1. The molecule has 0 unspecified atom stereocenters. The van der Waals surface area contributed by atoms with Gasteiger partial charge in [0.15, 0.2) is 11.5 Å². The van der Waals surface area contributed by atoms with Gasteiger partial charge in [0.25, 0.3) is 5.91 Å². The SMILES string of the molecule is O=C(NC1c2ccccc2-c2ccccc21)[C@H]1CC(Cc2ccc3c(c2)OCO3)=NO1. The van der Waals surface area contributed by atoms with Gasteiger partial charge in [0.1, 0.15) is 0 Å². The first-order valence-electron chi connectivity index (χ1n) is 10.3. The van der Waals surface area contributed by atoms with Crippen LogP contribution in [0.3, 0.4) is 0 Å². The third kappa shape index (κ3) is 3.11. The maximum atomic E-state index is 13.0. The topological polar surface area (TPSA) is 69.2 Å². The van der Waals surface area contributed by atoms with Gasteiger partial charge >= 0.3 is 0 Å². The zero-order valence-corrected chi connectivity index (χ0v) is 16.7. The molecule has 3 aromatic carbocycles. The molecule has 2 heterocycles. The monoisotopic (exact) mass is 412 g/mol. The highest BCUT2D eigenvalue weighted by molar-refractivity contribution is 5.94. The van der Waals surface area contributed by atoms with E-state index < -0.39 is 6.10 Å². The number of nitrogens with zero attached hydrogens (tertiary/aromatic N) is 1. The number of carbonyl (C=O) groups excluding carboxylic acids is 1. The van der Waals surface area contributed by atoms with Crippen LogP contribution in [-0.2, 0) is 16.1 Å². The van der Waals surface area contributed by atoms with E-state index in [0.29, 0.717) is 12.8 Å². The largest absolute Gasteiger partial charge is 0.454 e. The smallest absolute Gasteiger partial charge is 0.265 e. The number of nitrogens with one attached hydrogen (secondary N) is 1. The highest BCUT2D eigenvalue weighted by Gasteiger charge is 2.34. The molecule has 6 nitrogen and oxygen atoms in total. The Morgan fingerprint density at radius 3 is 2.42 bits per heavy atom. The molecule has 31 heavy (non-hydrogen) atoms. The molecule has 0 aromatic heterocycles. The average molecular weight is 412 g/mol. The van der Waals surface area contributed by atoms with Gasteiger partial charge in [-0.05, 0) is 39.9 Å². The van der Waals surface area contributed by atoms with Crippen LogP contribution < -0.4 is 14.8 Å². The Balaban J connectivity index is 1.15. The molecule has 1 atom stereocenters. The first-order valence-corrected chi connectivity index (χ1v) is 10.3. The van der Waals surface area contributed by atoms with Crippen molar-refractivity contribution < 1.29 is 19.1 Å². The molecular weight excluding hydrogens is 392 g/mol. The summed E-state index contributed by atoms with van der Waals surface area (Å²) in [5.74, 6) is 1.34. The lowest BCUT2D eigenvalue weighted by molar-refractivity contribution is -0.131. The van der Waals surface area contributed by atoms with Gasteiger partial charge in [-0.3, -0.25) is 4.79 Å². The Labute approximate surface area is 179 Å². The molecule has 2 aliphatic heterocycles. The summed E-state index contributed by atoms with van der Waals surface area (Å²) in [6.07, 6.45) is 0.454. The van der Waals surface area contributed by atoms with Crippen LogP contribution in [0.5, 0.6) is 11.5 Å². The van der Waals surface area contributed by atoms with Gasteiger partial charge in [0.05, 0.1) is 11.8 Å². The summed E-state index contributed by atoms with van der Waals surface area (Å²) in [6, 6.07) is 22.0. The fourth-order valence-corrected chi connectivity index (χ4v) is 4.50. The summed E-state index contributed by atoms with van der Waals surface area (Å²) < 4.78 is 10.8. The number of rotatable bonds is 4.